The van der Waals surface area contributed by atoms with Gasteiger partial charge in [0, 0.05) is 14.7 Å². The van der Waals surface area contributed by atoms with Gasteiger partial charge < -0.3 is 5.11 Å². The summed E-state index contributed by atoms with van der Waals surface area (Å²) in [5.74, 6) is 0. The fraction of sp³-hybridized carbons (Fsp3) is 1.00. The van der Waals surface area contributed by atoms with E-state index in [9.17, 15) is 0 Å². The average molecular weight is 216 g/mol. The highest BCUT2D eigenvalue weighted by Crippen LogP contribution is 2.30. The molecule has 14 heavy (non-hydrogen) atoms. The Hall–Kier alpha value is 0.177. The van der Waals surface area contributed by atoms with Crippen LogP contribution in [-0.4, -0.2) is 19.8 Å². The molecule has 0 heterocycles. The zero-order chi connectivity index (χ0) is 11.0. The van der Waals surface area contributed by atoms with Crippen LogP contribution in [0.2, 0.25) is 25.2 Å². The molecule has 0 saturated heterocycles. The van der Waals surface area contributed by atoms with Crippen molar-refractivity contribution in [3.05, 3.63) is 0 Å². The number of hydrogen-bond acceptors (Lipinski definition) is 1. The molecule has 1 unspecified atom stereocenters. The second-order valence-electron chi connectivity index (χ2n) is 5.42. The number of rotatable bonds is 8. The molecule has 0 aromatic carbocycles. The third-order valence-corrected chi connectivity index (χ3v) is 6.14. The van der Waals surface area contributed by atoms with E-state index in [0.717, 1.165) is 12.0 Å². The molecular weight excluding hydrogens is 188 g/mol. The molecule has 0 aromatic rings. The smallest absolute Gasteiger partial charge is 0.0474 e. The molecule has 0 radical (unpaired) electrons. The highest BCUT2D eigenvalue weighted by molar-refractivity contribution is 6.77. The molecule has 0 aliphatic rings. The molecule has 0 aliphatic carbocycles. The third kappa shape index (κ3) is 6.60. The predicted octanol–water partition coefficient (Wildman–Crippen LogP) is 4.05. The first-order valence-electron chi connectivity index (χ1n) is 6.13. The SMILES string of the molecule is CCCCCCC(CCO)[Si](C)(C)C. The van der Waals surface area contributed by atoms with Gasteiger partial charge in [-0.15, -0.1) is 0 Å². The fourth-order valence-electron chi connectivity index (χ4n) is 1.98. The largest absolute Gasteiger partial charge is 0.396 e. The van der Waals surface area contributed by atoms with E-state index in [4.69, 9.17) is 5.11 Å². The molecule has 0 saturated carbocycles. The first-order valence-corrected chi connectivity index (χ1v) is 9.71. The van der Waals surface area contributed by atoms with Crippen molar-refractivity contribution in [2.45, 2.75) is 70.6 Å². The molecule has 0 amide bonds. The lowest BCUT2D eigenvalue weighted by Gasteiger charge is -2.28. The molecule has 0 rings (SSSR count). The van der Waals surface area contributed by atoms with Crippen molar-refractivity contribution >= 4 is 8.07 Å². The van der Waals surface area contributed by atoms with E-state index in [1.165, 1.54) is 32.1 Å². The lowest BCUT2D eigenvalue weighted by Crippen LogP contribution is -2.28. The summed E-state index contributed by atoms with van der Waals surface area (Å²) in [6, 6.07) is 0. The third-order valence-electron chi connectivity index (χ3n) is 3.11. The summed E-state index contributed by atoms with van der Waals surface area (Å²) < 4.78 is 0. The summed E-state index contributed by atoms with van der Waals surface area (Å²) >= 11 is 0. The summed E-state index contributed by atoms with van der Waals surface area (Å²) in [4.78, 5) is 0. The predicted molar refractivity (Wildman–Crippen MR) is 67.6 cm³/mol. The van der Waals surface area contributed by atoms with Gasteiger partial charge in [0.25, 0.3) is 0 Å². The number of aliphatic hydroxyl groups excluding tert-OH is 1. The number of hydrogen-bond donors (Lipinski definition) is 1. The lowest BCUT2D eigenvalue weighted by molar-refractivity contribution is 0.281. The Kier molecular flexibility index (Phi) is 7.56. The van der Waals surface area contributed by atoms with Crippen molar-refractivity contribution in [1.29, 1.82) is 0 Å². The maximum Gasteiger partial charge on any atom is 0.0474 e. The van der Waals surface area contributed by atoms with Crippen LogP contribution in [0.25, 0.3) is 0 Å². The fourth-order valence-corrected chi connectivity index (χ4v) is 4.05. The van der Waals surface area contributed by atoms with Gasteiger partial charge in [0.05, 0.1) is 0 Å². The van der Waals surface area contributed by atoms with E-state index >= 15 is 0 Å². The highest BCUT2D eigenvalue weighted by atomic mass is 28.3. The van der Waals surface area contributed by atoms with E-state index in [2.05, 4.69) is 26.6 Å². The summed E-state index contributed by atoms with van der Waals surface area (Å²) in [5.41, 5.74) is 0.823. The molecule has 0 aromatic heterocycles. The first-order chi connectivity index (χ1) is 6.52. The van der Waals surface area contributed by atoms with Gasteiger partial charge in [-0.2, -0.15) is 0 Å². The van der Waals surface area contributed by atoms with Crippen LogP contribution in [-0.2, 0) is 0 Å². The molecule has 0 fully saturated rings. The molecular formula is C12H28OSi. The Morgan fingerprint density at radius 1 is 1.00 bits per heavy atom. The van der Waals surface area contributed by atoms with E-state index in [-0.39, 0.29) is 0 Å². The maximum absolute atomic E-state index is 9.02. The summed E-state index contributed by atoms with van der Waals surface area (Å²) in [6.45, 7) is 9.90. The van der Waals surface area contributed by atoms with Gasteiger partial charge >= 0.3 is 0 Å². The molecule has 0 aliphatic heterocycles. The van der Waals surface area contributed by atoms with Crippen LogP contribution in [0, 0.1) is 0 Å². The summed E-state index contributed by atoms with van der Waals surface area (Å²) in [6.07, 6.45) is 7.80. The van der Waals surface area contributed by atoms with Crippen LogP contribution < -0.4 is 0 Å². The van der Waals surface area contributed by atoms with Gasteiger partial charge in [0.2, 0.25) is 0 Å². The van der Waals surface area contributed by atoms with E-state index in [0.29, 0.717) is 6.61 Å². The second-order valence-corrected chi connectivity index (χ2v) is 11.0. The maximum atomic E-state index is 9.02. The van der Waals surface area contributed by atoms with Crippen molar-refractivity contribution in [2.75, 3.05) is 6.61 Å². The molecule has 1 N–H and O–H groups in total. The van der Waals surface area contributed by atoms with Gasteiger partial charge in [-0.25, -0.2) is 0 Å². The minimum atomic E-state index is -1.03. The van der Waals surface area contributed by atoms with E-state index in [1.54, 1.807) is 0 Å². The summed E-state index contributed by atoms with van der Waals surface area (Å²) in [5, 5.41) is 9.02. The second kappa shape index (κ2) is 7.47. The molecule has 0 spiro atoms. The van der Waals surface area contributed by atoms with Crippen LogP contribution in [0.3, 0.4) is 0 Å². The van der Waals surface area contributed by atoms with Crippen LogP contribution in [0.4, 0.5) is 0 Å². The Labute approximate surface area is 90.9 Å². The Morgan fingerprint density at radius 2 is 1.64 bits per heavy atom. The zero-order valence-corrected chi connectivity index (χ0v) is 11.5. The quantitative estimate of drug-likeness (QED) is 0.479. The Bertz CT molecular complexity index is 129. The van der Waals surface area contributed by atoms with Gasteiger partial charge in [0.15, 0.2) is 0 Å². The molecule has 0 bridgehead atoms. The van der Waals surface area contributed by atoms with Crippen molar-refractivity contribution in [3.63, 3.8) is 0 Å². The topological polar surface area (TPSA) is 20.2 Å². The van der Waals surface area contributed by atoms with Crippen molar-refractivity contribution in [3.8, 4) is 0 Å². The number of unbranched alkanes of at least 4 members (excludes halogenated alkanes) is 3. The van der Waals surface area contributed by atoms with Crippen LogP contribution in [0.15, 0.2) is 0 Å². The highest BCUT2D eigenvalue weighted by Gasteiger charge is 2.25. The van der Waals surface area contributed by atoms with Gasteiger partial charge in [-0.1, -0.05) is 58.7 Å². The lowest BCUT2D eigenvalue weighted by atomic mass is 10.1. The monoisotopic (exact) mass is 216 g/mol. The number of aliphatic hydroxyl groups is 1. The Morgan fingerprint density at radius 3 is 2.07 bits per heavy atom. The molecule has 2 heteroatoms. The first kappa shape index (κ1) is 14.2. The van der Waals surface area contributed by atoms with Gasteiger partial charge in [-0.05, 0) is 12.0 Å². The standard InChI is InChI=1S/C12H28OSi/c1-5-6-7-8-9-12(10-11-13)14(2,3)4/h12-13H,5-11H2,1-4H3. The van der Waals surface area contributed by atoms with Gasteiger partial charge in [-0.3, -0.25) is 0 Å². The van der Waals surface area contributed by atoms with Crippen LogP contribution in [0.5, 0.6) is 0 Å². The minimum absolute atomic E-state index is 0.378. The van der Waals surface area contributed by atoms with Crippen LogP contribution in [0.1, 0.15) is 45.4 Å². The van der Waals surface area contributed by atoms with Crippen LogP contribution >= 0.6 is 0 Å². The molecule has 1 nitrogen and oxygen atoms in total. The van der Waals surface area contributed by atoms with Crippen molar-refractivity contribution < 1.29 is 5.11 Å². The molecule has 86 valence electrons. The van der Waals surface area contributed by atoms with Crippen molar-refractivity contribution in [1.82, 2.24) is 0 Å². The minimum Gasteiger partial charge on any atom is -0.396 e. The van der Waals surface area contributed by atoms with Crippen molar-refractivity contribution in [2.24, 2.45) is 0 Å². The van der Waals surface area contributed by atoms with Gasteiger partial charge in [0.1, 0.15) is 0 Å². The normalized spacial score (nSPS) is 14.4. The van der Waals surface area contributed by atoms with E-state index < -0.39 is 8.07 Å². The Balaban J connectivity index is 3.74. The average Bonchev–Trinajstić information content (AvgIpc) is 2.08. The zero-order valence-electron chi connectivity index (χ0n) is 10.5. The summed E-state index contributed by atoms with van der Waals surface area (Å²) in [7, 11) is -1.03. The van der Waals surface area contributed by atoms with E-state index in [1.807, 2.05) is 0 Å². The molecule has 1 atom stereocenters.